The van der Waals surface area contributed by atoms with Gasteiger partial charge in [0.15, 0.2) is 0 Å². The molecule has 108 valence electrons. The van der Waals surface area contributed by atoms with Gasteiger partial charge < -0.3 is 15.3 Å². The maximum Gasteiger partial charge on any atom is 0.326 e. The van der Waals surface area contributed by atoms with Crippen molar-refractivity contribution in [2.45, 2.75) is 31.8 Å². The van der Waals surface area contributed by atoms with Crippen LogP contribution in [0.25, 0.3) is 0 Å². The molecule has 1 fully saturated rings. The van der Waals surface area contributed by atoms with E-state index in [0.29, 0.717) is 19.1 Å². The number of carbonyl (C=O) groups excluding carboxylic acids is 1. The third-order valence-electron chi connectivity index (χ3n) is 3.53. The van der Waals surface area contributed by atoms with Crippen molar-refractivity contribution in [2.24, 2.45) is 0 Å². The molecule has 2 atom stereocenters. The summed E-state index contributed by atoms with van der Waals surface area (Å²) >= 11 is 0. The average Bonchev–Trinajstić information content (AvgIpc) is 2.38. The second-order valence-corrected chi connectivity index (χ2v) is 4.85. The Bertz CT molecular complexity index is 346. The molecule has 1 heterocycles. The second-order valence-electron chi connectivity index (χ2n) is 4.85. The zero-order valence-corrected chi connectivity index (χ0v) is 11.6. The van der Waals surface area contributed by atoms with E-state index in [4.69, 9.17) is 5.11 Å². The maximum absolute atomic E-state index is 12.1. The first-order chi connectivity index (χ1) is 8.99. The zero-order valence-electron chi connectivity index (χ0n) is 11.6. The van der Waals surface area contributed by atoms with E-state index in [-0.39, 0.29) is 12.5 Å². The van der Waals surface area contributed by atoms with Crippen molar-refractivity contribution in [3.63, 3.8) is 0 Å². The molecular formula is C13H23N3O3. The van der Waals surface area contributed by atoms with Crippen LogP contribution in [0, 0.1) is 0 Å². The van der Waals surface area contributed by atoms with E-state index in [1.165, 1.54) is 6.08 Å². The average molecular weight is 269 g/mol. The summed E-state index contributed by atoms with van der Waals surface area (Å²) in [7, 11) is 2.04. The molecule has 2 amide bonds. The van der Waals surface area contributed by atoms with Gasteiger partial charge >= 0.3 is 12.0 Å². The van der Waals surface area contributed by atoms with Crippen LogP contribution in [-0.2, 0) is 4.79 Å². The number of piperazine rings is 1. The van der Waals surface area contributed by atoms with Crippen LogP contribution in [0.4, 0.5) is 4.79 Å². The maximum atomic E-state index is 12.1. The molecule has 19 heavy (non-hydrogen) atoms. The number of likely N-dealkylation sites (N-methyl/N-ethyl adjacent to an activating group) is 1. The van der Waals surface area contributed by atoms with Gasteiger partial charge in [0.25, 0.3) is 0 Å². The lowest BCUT2D eigenvalue weighted by atomic mass is 10.1. The van der Waals surface area contributed by atoms with E-state index in [0.717, 1.165) is 13.0 Å². The molecule has 1 aliphatic heterocycles. The Morgan fingerprint density at radius 2 is 2.21 bits per heavy atom. The monoisotopic (exact) mass is 269 g/mol. The number of amides is 2. The Morgan fingerprint density at radius 3 is 2.74 bits per heavy atom. The van der Waals surface area contributed by atoms with Crippen LogP contribution in [0.2, 0.25) is 0 Å². The molecule has 2 N–H and O–H groups in total. The molecule has 2 unspecified atom stereocenters. The predicted octanol–water partition coefficient (Wildman–Crippen LogP) is 0.751. The van der Waals surface area contributed by atoms with Crippen LogP contribution < -0.4 is 5.32 Å². The van der Waals surface area contributed by atoms with Gasteiger partial charge in [0.1, 0.15) is 6.04 Å². The molecule has 0 spiro atoms. The molecule has 0 radical (unpaired) electrons. The zero-order chi connectivity index (χ0) is 14.4. The van der Waals surface area contributed by atoms with E-state index in [9.17, 15) is 9.59 Å². The summed E-state index contributed by atoms with van der Waals surface area (Å²) in [6.45, 7) is 7.66. The molecule has 0 bridgehead atoms. The normalized spacial score (nSPS) is 21.8. The smallest absolute Gasteiger partial charge is 0.326 e. The summed E-state index contributed by atoms with van der Waals surface area (Å²) in [5.74, 6) is -1.03. The number of hydrogen-bond donors (Lipinski definition) is 2. The van der Waals surface area contributed by atoms with E-state index in [2.05, 4.69) is 23.7 Å². The van der Waals surface area contributed by atoms with Gasteiger partial charge in [-0.25, -0.2) is 9.59 Å². The number of urea groups is 1. The van der Waals surface area contributed by atoms with Crippen LogP contribution in [0.1, 0.15) is 19.8 Å². The number of rotatable bonds is 5. The third kappa shape index (κ3) is 4.24. The number of nitrogens with zero attached hydrogens (tertiary/aromatic N) is 2. The molecule has 0 aliphatic carbocycles. The lowest BCUT2D eigenvalue weighted by molar-refractivity contribution is -0.139. The number of carboxylic acids is 1. The summed E-state index contributed by atoms with van der Waals surface area (Å²) in [5, 5.41) is 11.5. The van der Waals surface area contributed by atoms with Crippen LogP contribution in [0.5, 0.6) is 0 Å². The Labute approximate surface area is 114 Å². The van der Waals surface area contributed by atoms with Crippen molar-refractivity contribution in [2.75, 3.05) is 26.7 Å². The van der Waals surface area contributed by atoms with Gasteiger partial charge in [0.05, 0.1) is 0 Å². The highest BCUT2D eigenvalue weighted by molar-refractivity contribution is 5.82. The fourth-order valence-corrected chi connectivity index (χ4v) is 2.20. The number of nitrogens with one attached hydrogen (secondary N) is 1. The predicted molar refractivity (Wildman–Crippen MR) is 73.1 cm³/mol. The molecule has 0 aromatic carbocycles. The minimum absolute atomic E-state index is 0.228. The van der Waals surface area contributed by atoms with E-state index >= 15 is 0 Å². The summed E-state index contributed by atoms with van der Waals surface area (Å²) in [6, 6.07) is -0.868. The van der Waals surface area contributed by atoms with Gasteiger partial charge in [-0.1, -0.05) is 13.0 Å². The molecule has 6 heteroatoms. The summed E-state index contributed by atoms with van der Waals surface area (Å²) in [6.07, 6.45) is 2.69. The quantitative estimate of drug-likeness (QED) is 0.722. The number of aliphatic carboxylic acids is 1. The SMILES string of the molecule is C=CCC(NC(=O)N1CCN(C)C(CC)C1)C(=O)O. The van der Waals surface area contributed by atoms with E-state index in [1.807, 2.05) is 7.05 Å². The Balaban J connectivity index is 2.57. The molecular weight excluding hydrogens is 246 g/mol. The first kappa shape index (κ1) is 15.5. The number of carboxylic acid groups (broad SMARTS) is 1. The Kier molecular flexibility index (Phi) is 5.82. The second kappa shape index (κ2) is 7.13. The third-order valence-corrected chi connectivity index (χ3v) is 3.53. The van der Waals surface area contributed by atoms with Gasteiger partial charge in [0.2, 0.25) is 0 Å². The summed E-state index contributed by atoms with van der Waals surface area (Å²) < 4.78 is 0. The number of carbonyl (C=O) groups is 2. The molecule has 0 aromatic rings. The molecule has 1 aliphatic rings. The van der Waals surface area contributed by atoms with E-state index in [1.54, 1.807) is 4.90 Å². The molecule has 0 aromatic heterocycles. The first-order valence-electron chi connectivity index (χ1n) is 6.59. The van der Waals surface area contributed by atoms with Crippen molar-refractivity contribution in [1.29, 1.82) is 0 Å². The number of hydrogen-bond acceptors (Lipinski definition) is 3. The topological polar surface area (TPSA) is 72.9 Å². The fourth-order valence-electron chi connectivity index (χ4n) is 2.20. The highest BCUT2D eigenvalue weighted by Gasteiger charge is 2.28. The minimum atomic E-state index is -1.03. The minimum Gasteiger partial charge on any atom is -0.480 e. The van der Waals surface area contributed by atoms with Gasteiger partial charge in [-0.3, -0.25) is 4.90 Å². The highest BCUT2D eigenvalue weighted by Crippen LogP contribution is 2.11. The lowest BCUT2D eigenvalue weighted by Crippen LogP contribution is -2.57. The van der Waals surface area contributed by atoms with Crippen LogP contribution in [0.3, 0.4) is 0 Å². The summed E-state index contributed by atoms with van der Waals surface area (Å²) in [4.78, 5) is 27.0. The van der Waals surface area contributed by atoms with Crippen LogP contribution in [0.15, 0.2) is 12.7 Å². The van der Waals surface area contributed by atoms with Crippen molar-refractivity contribution < 1.29 is 14.7 Å². The van der Waals surface area contributed by atoms with Gasteiger partial charge in [0, 0.05) is 25.7 Å². The molecule has 1 saturated heterocycles. The van der Waals surface area contributed by atoms with Crippen molar-refractivity contribution in [3.8, 4) is 0 Å². The van der Waals surface area contributed by atoms with Gasteiger partial charge in [-0.05, 0) is 19.9 Å². The highest BCUT2D eigenvalue weighted by atomic mass is 16.4. The lowest BCUT2D eigenvalue weighted by Gasteiger charge is -2.39. The summed E-state index contributed by atoms with van der Waals surface area (Å²) in [5.41, 5.74) is 0. The van der Waals surface area contributed by atoms with Crippen LogP contribution in [-0.4, -0.2) is 65.7 Å². The molecule has 0 saturated carbocycles. The van der Waals surface area contributed by atoms with Crippen molar-refractivity contribution in [3.05, 3.63) is 12.7 Å². The fraction of sp³-hybridized carbons (Fsp3) is 0.692. The van der Waals surface area contributed by atoms with Gasteiger partial charge in [-0.2, -0.15) is 0 Å². The van der Waals surface area contributed by atoms with Crippen molar-refractivity contribution in [1.82, 2.24) is 15.1 Å². The Hall–Kier alpha value is -1.56. The van der Waals surface area contributed by atoms with Crippen LogP contribution >= 0.6 is 0 Å². The standard InChI is InChI=1S/C13H23N3O3/c1-4-6-11(12(17)18)14-13(19)16-8-7-15(3)10(5-2)9-16/h4,10-11H,1,5-9H2,2-3H3,(H,14,19)(H,17,18). The largest absolute Gasteiger partial charge is 0.480 e. The van der Waals surface area contributed by atoms with Gasteiger partial charge in [-0.15, -0.1) is 6.58 Å². The first-order valence-corrected chi connectivity index (χ1v) is 6.59. The molecule has 6 nitrogen and oxygen atoms in total. The van der Waals surface area contributed by atoms with Crippen molar-refractivity contribution >= 4 is 12.0 Å². The molecule has 1 rings (SSSR count). The Morgan fingerprint density at radius 1 is 1.53 bits per heavy atom. The van der Waals surface area contributed by atoms with E-state index < -0.39 is 12.0 Å².